The van der Waals surface area contributed by atoms with Crippen molar-refractivity contribution in [1.29, 1.82) is 0 Å². The van der Waals surface area contributed by atoms with Gasteiger partial charge in [0.2, 0.25) is 5.91 Å². The summed E-state index contributed by atoms with van der Waals surface area (Å²) in [5, 5.41) is 15.9. The number of hydrogen-bond acceptors (Lipinski definition) is 5. The van der Waals surface area contributed by atoms with Gasteiger partial charge in [-0.15, -0.1) is 0 Å². The second kappa shape index (κ2) is 10.1. The van der Waals surface area contributed by atoms with Gasteiger partial charge in [-0.25, -0.2) is 9.78 Å². The molecule has 0 saturated carbocycles. The van der Waals surface area contributed by atoms with Crippen LogP contribution in [0.5, 0.6) is 0 Å². The van der Waals surface area contributed by atoms with Gasteiger partial charge in [-0.05, 0) is 48.7 Å². The number of piperazine rings is 1. The lowest BCUT2D eigenvalue weighted by atomic mass is 9.84. The number of carbonyl (C=O) groups excluding carboxylic acids is 1. The number of pyridine rings is 1. The van der Waals surface area contributed by atoms with E-state index < -0.39 is 12.1 Å². The van der Waals surface area contributed by atoms with Crippen molar-refractivity contribution in [3.05, 3.63) is 46.7 Å². The third kappa shape index (κ3) is 6.21. The molecule has 0 bridgehead atoms. The molecule has 2 amide bonds. The fraction of sp³-hybridized carbons (Fsp3) is 0.435. The van der Waals surface area contributed by atoms with E-state index >= 15 is 0 Å². The van der Waals surface area contributed by atoms with Crippen LogP contribution in [0.4, 0.5) is 21.9 Å². The first-order valence-corrected chi connectivity index (χ1v) is 11.5. The van der Waals surface area contributed by atoms with E-state index in [1.54, 1.807) is 19.1 Å². The van der Waals surface area contributed by atoms with Crippen LogP contribution in [0.2, 0.25) is 10.3 Å². The van der Waals surface area contributed by atoms with Crippen LogP contribution in [0.3, 0.4) is 0 Å². The lowest BCUT2D eigenvalue weighted by Crippen LogP contribution is -2.59. The molecule has 1 aromatic heterocycles. The Morgan fingerprint density at radius 2 is 1.79 bits per heavy atom. The number of halogens is 2. The number of aromatic nitrogens is 1. The first-order valence-electron chi connectivity index (χ1n) is 10.7. The van der Waals surface area contributed by atoms with Crippen molar-refractivity contribution in [3.8, 4) is 0 Å². The predicted octanol–water partition coefficient (Wildman–Crippen LogP) is 5.04. The SMILES string of the molecule is CC(Nc1ccc(N2CCN(C(=O)O)C(C(C)(C)C)C2)cc1)C(=O)Nc1ccc(Cl)nc1Cl. The Kier molecular flexibility index (Phi) is 7.59. The maximum atomic E-state index is 12.5. The Hall–Kier alpha value is -2.71. The van der Waals surface area contributed by atoms with Crippen molar-refractivity contribution in [3.63, 3.8) is 0 Å². The van der Waals surface area contributed by atoms with Gasteiger partial charge in [-0.2, -0.15) is 0 Å². The van der Waals surface area contributed by atoms with Crippen molar-refractivity contribution < 1.29 is 14.7 Å². The quantitative estimate of drug-likeness (QED) is 0.504. The van der Waals surface area contributed by atoms with Gasteiger partial charge in [-0.3, -0.25) is 4.79 Å². The zero-order chi connectivity index (χ0) is 24.3. The van der Waals surface area contributed by atoms with Gasteiger partial charge in [0.05, 0.1) is 11.7 Å². The minimum Gasteiger partial charge on any atom is -0.465 e. The van der Waals surface area contributed by atoms with Crippen LogP contribution in [-0.4, -0.2) is 58.7 Å². The summed E-state index contributed by atoms with van der Waals surface area (Å²) in [5.74, 6) is -0.261. The Morgan fingerprint density at radius 1 is 1.12 bits per heavy atom. The molecule has 178 valence electrons. The highest BCUT2D eigenvalue weighted by Gasteiger charge is 2.38. The topological polar surface area (TPSA) is 97.8 Å². The lowest BCUT2D eigenvalue weighted by Gasteiger charge is -2.46. The number of hydrogen-bond donors (Lipinski definition) is 3. The average Bonchev–Trinajstić information content (AvgIpc) is 2.75. The second-order valence-corrected chi connectivity index (χ2v) is 9.92. The number of carboxylic acid groups (broad SMARTS) is 1. The molecule has 10 heteroatoms. The standard InChI is InChI=1S/C23H29Cl2N5O3/c1-14(21(31)27-17-9-10-19(24)28-20(17)25)26-15-5-7-16(8-6-15)29-11-12-30(22(32)33)18(13-29)23(2,3)4/h5-10,14,18,26H,11-13H2,1-4H3,(H,27,31)(H,32,33). The molecule has 2 atom stereocenters. The number of nitrogens with zero attached hydrogens (tertiary/aromatic N) is 3. The summed E-state index contributed by atoms with van der Waals surface area (Å²) < 4.78 is 0. The summed E-state index contributed by atoms with van der Waals surface area (Å²) in [6.45, 7) is 9.63. The highest BCUT2D eigenvalue weighted by Crippen LogP contribution is 2.30. The lowest BCUT2D eigenvalue weighted by molar-refractivity contribution is -0.116. The van der Waals surface area contributed by atoms with Crippen molar-refractivity contribution >= 4 is 52.3 Å². The zero-order valence-corrected chi connectivity index (χ0v) is 20.6. The minimum atomic E-state index is -0.878. The molecule has 0 aliphatic carbocycles. The van der Waals surface area contributed by atoms with Crippen molar-refractivity contribution in [2.24, 2.45) is 5.41 Å². The molecule has 0 radical (unpaired) electrons. The zero-order valence-electron chi connectivity index (χ0n) is 19.1. The van der Waals surface area contributed by atoms with Gasteiger partial charge in [0.25, 0.3) is 0 Å². The van der Waals surface area contributed by atoms with Crippen molar-refractivity contribution in [2.45, 2.75) is 39.8 Å². The second-order valence-electron chi connectivity index (χ2n) is 9.18. The number of benzene rings is 1. The molecule has 8 nitrogen and oxygen atoms in total. The number of carbonyl (C=O) groups is 2. The van der Waals surface area contributed by atoms with Crippen LogP contribution in [0, 0.1) is 5.41 Å². The van der Waals surface area contributed by atoms with E-state index in [2.05, 4.69) is 41.3 Å². The van der Waals surface area contributed by atoms with E-state index in [1.165, 1.54) is 4.90 Å². The largest absolute Gasteiger partial charge is 0.465 e. The summed E-state index contributed by atoms with van der Waals surface area (Å²) in [7, 11) is 0. The van der Waals surface area contributed by atoms with Crippen LogP contribution >= 0.6 is 23.2 Å². The van der Waals surface area contributed by atoms with Crippen LogP contribution < -0.4 is 15.5 Å². The van der Waals surface area contributed by atoms with Crippen molar-refractivity contribution in [1.82, 2.24) is 9.88 Å². The number of nitrogens with one attached hydrogen (secondary N) is 2. The molecule has 1 fully saturated rings. The maximum absolute atomic E-state index is 12.5. The highest BCUT2D eigenvalue weighted by atomic mass is 35.5. The Labute approximate surface area is 203 Å². The fourth-order valence-corrected chi connectivity index (χ4v) is 4.21. The predicted molar refractivity (Wildman–Crippen MR) is 133 cm³/mol. The van der Waals surface area contributed by atoms with Gasteiger partial charge in [0.15, 0.2) is 5.15 Å². The summed E-state index contributed by atoms with van der Waals surface area (Å²) >= 11 is 11.8. The summed E-state index contributed by atoms with van der Waals surface area (Å²) in [6.07, 6.45) is -0.878. The van der Waals surface area contributed by atoms with E-state index in [1.807, 2.05) is 24.3 Å². The monoisotopic (exact) mass is 493 g/mol. The van der Waals surface area contributed by atoms with E-state index in [4.69, 9.17) is 23.2 Å². The molecule has 1 aliphatic rings. The molecule has 1 saturated heterocycles. The average molecular weight is 494 g/mol. The van der Waals surface area contributed by atoms with Gasteiger partial charge in [-0.1, -0.05) is 44.0 Å². The van der Waals surface area contributed by atoms with Crippen molar-refractivity contribution in [2.75, 3.05) is 35.2 Å². The van der Waals surface area contributed by atoms with Crippen LogP contribution in [0.25, 0.3) is 0 Å². The van der Waals surface area contributed by atoms with Gasteiger partial charge in [0.1, 0.15) is 11.2 Å². The van der Waals surface area contributed by atoms with E-state index in [0.717, 1.165) is 11.4 Å². The molecule has 0 spiro atoms. The molecule has 1 aromatic carbocycles. The molecule has 2 aromatic rings. The number of amides is 2. The molecule has 33 heavy (non-hydrogen) atoms. The fourth-order valence-electron chi connectivity index (χ4n) is 3.82. The first kappa shape index (κ1) is 24.9. The molecule has 1 aliphatic heterocycles. The Bertz CT molecular complexity index is 1010. The number of anilines is 3. The summed E-state index contributed by atoms with van der Waals surface area (Å²) in [4.78, 5) is 31.8. The van der Waals surface area contributed by atoms with Gasteiger partial charge in [0, 0.05) is 31.0 Å². The highest BCUT2D eigenvalue weighted by molar-refractivity contribution is 6.34. The molecular weight excluding hydrogens is 465 g/mol. The minimum absolute atomic E-state index is 0.112. The summed E-state index contributed by atoms with van der Waals surface area (Å²) in [5.41, 5.74) is 2.02. The third-order valence-electron chi connectivity index (χ3n) is 5.71. The van der Waals surface area contributed by atoms with Gasteiger partial charge >= 0.3 is 6.09 Å². The van der Waals surface area contributed by atoms with E-state index in [-0.39, 0.29) is 27.7 Å². The van der Waals surface area contributed by atoms with Crippen LogP contribution in [0.15, 0.2) is 36.4 Å². The van der Waals surface area contributed by atoms with E-state index in [0.29, 0.717) is 25.3 Å². The first-order chi connectivity index (χ1) is 15.5. The normalized spacial score (nSPS) is 17.5. The molecule has 2 heterocycles. The third-order valence-corrected chi connectivity index (χ3v) is 6.21. The smallest absolute Gasteiger partial charge is 0.407 e. The molecular formula is C23H29Cl2N5O3. The molecule has 2 unspecified atom stereocenters. The van der Waals surface area contributed by atoms with Gasteiger partial charge < -0.3 is 25.5 Å². The Morgan fingerprint density at radius 3 is 2.36 bits per heavy atom. The van der Waals surface area contributed by atoms with Crippen LogP contribution in [0.1, 0.15) is 27.7 Å². The number of rotatable bonds is 5. The maximum Gasteiger partial charge on any atom is 0.407 e. The molecule has 3 rings (SSSR count). The van der Waals surface area contributed by atoms with E-state index in [9.17, 15) is 14.7 Å². The van der Waals surface area contributed by atoms with Crippen LogP contribution in [-0.2, 0) is 4.79 Å². The molecule has 3 N–H and O–H groups in total. The Balaban J connectivity index is 1.62. The summed E-state index contributed by atoms with van der Waals surface area (Å²) in [6, 6.07) is 10.3.